The fourth-order valence-corrected chi connectivity index (χ4v) is 3.40. The first-order valence-electron chi connectivity index (χ1n) is 5.49. The van der Waals surface area contributed by atoms with Gasteiger partial charge in [0.1, 0.15) is 10.8 Å². The zero-order valence-electron chi connectivity index (χ0n) is 9.83. The molecule has 0 radical (unpaired) electrons. The molecule has 0 spiro atoms. The van der Waals surface area contributed by atoms with Gasteiger partial charge in [0, 0.05) is 4.88 Å². The fourth-order valence-electron chi connectivity index (χ4n) is 2.00. The molecule has 2 aromatic heterocycles. The van der Waals surface area contributed by atoms with E-state index in [2.05, 4.69) is 26.6 Å². The molecule has 0 aromatic carbocycles. The van der Waals surface area contributed by atoms with Crippen LogP contribution in [0.5, 0.6) is 0 Å². The summed E-state index contributed by atoms with van der Waals surface area (Å²) in [7, 11) is 0. The van der Waals surface area contributed by atoms with Crippen LogP contribution in [0.15, 0.2) is 21.2 Å². The number of carbonyl (C=O) groups is 1. The van der Waals surface area contributed by atoms with Crippen molar-refractivity contribution in [3.63, 3.8) is 0 Å². The highest BCUT2D eigenvalue weighted by atomic mass is 79.9. The van der Waals surface area contributed by atoms with Crippen LogP contribution in [0.2, 0.25) is 0 Å². The number of carbonyl (C=O) groups excluding carboxylic acids is 1. The maximum Gasteiger partial charge on any atom is 0.256 e. The molecule has 18 heavy (non-hydrogen) atoms. The number of furan rings is 1. The minimum absolute atomic E-state index is 0.0527. The number of aryl methyl sites for hydroxylation is 1. The summed E-state index contributed by atoms with van der Waals surface area (Å²) in [6.07, 6.45) is -0.311. The Kier molecular flexibility index (Phi) is 2.71. The van der Waals surface area contributed by atoms with Crippen LogP contribution < -0.4 is 10.6 Å². The van der Waals surface area contributed by atoms with E-state index in [9.17, 15) is 4.79 Å². The highest BCUT2D eigenvalue weighted by molar-refractivity contribution is 9.10. The Balaban J connectivity index is 1.99. The van der Waals surface area contributed by atoms with Crippen LogP contribution in [-0.2, 0) is 0 Å². The second-order valence-corrected chi connectivity index (χ2v) is 6.19. The van der Waals surface area contributed by atoms with Crippen molar-refractivity contribution in [3.05, 3.63) is 38.6 Å². The molecule has 1 aliphatic heterocycles. The molecule has 2 aromatic rings. The van der Waals surface area contributed by atoms with Crippen LogP contribution in [0, 0.1) is 13.8 Å². The minimum Gasteiger partial charge on any atom is -0.450 e. The number of rotatable bonds is 1. The minimum atomic E-state index is -0.311. The van der Waals surface area contributed by atoms with E-state index in [0.29, 0.717) is 10.4 Å². The number of halogens is 1. The smallest absolute Gasteiger partial charge is 0.256 e. The maximum absolute atomic E-state index is 12.1. The molecule has 3 rings (SSSR count). The van der Waals surface area contributed by atoms with Crippen LogP contribution in [0.1, 0.15) is 32.7 Å². The molecular formula is C12H11BrN2O2S. The van der Waals surface area contributed by atoms with Crippen molar-refractivity contribution in [1.29, 1.82) is 0 Å². The largest absolute Gasteiger partial charge is 0.450 e. The highest BCUT2D eigenvalue weighted by Gasteiger charge is 2.30. The molecule has 1 amide bonds. The van der Waals surface area contributed by atoms with E-state index >= 15 is 0 Å². The van der Waals surface area contributed by atoms with Crippen LogP contribution in [0.3, 0.4) is 0 Å². The summed E-state index contributed by atoms with van der Waals surface area (Å²) in [5, 5.41) is 7.10. The molecular weight excluding hydrogens is 316 g/mol. The van der Waals surface area contributed by atoms with E-state index < -0.39 is 0 Å². The lowest BCUT2D eigenvalue weighted by molar-refractivity contribution is 0.0931. The normalized spacial score (nSPS) is 18.2. The van der Waals surface area contributed by atoms with E-state index in [-0.39, 0.29) is 12.1 Å². The average Bonchev–Trinajstić information content (AvgIpc) is 2.85. The van der Waals surface area contributed by atoms with Gasteiger partial charge >= 0.3 is 0 Å². The fraction of sp³-hybridized carbons (Fsp3) is 0.250. The molecule has 6 heteroatoms. The molecule has 0 bridgehead atoms. The number of hydrogen-bond donors (Lipinski definition) is 2. The summed E-state index contributed by atoms with van der Waals surface area (Å²) in [4.78, 5) is 13.3. The molecule has 0 saturated heterocycles. The summed E-state index contributed by atoms with van der Waals surface area (Å²) in [6, 6.07) is 3.64. The molecule has 0 saturated carbocycles. The molecule has 94 valence electrons. The Morgan fingerprint density at radius 3 is 2.78 bits per heavy atom. The van der Waals surface area contributed by atoms with Gasteiger partial charge in [-0.25, -0.2) is 0 Å². The topological polar surface area (TPSA) is 54.3 Å². The molecule has 1 unspecified atom stereocenters. The van der Waals surface area contributed by atoms with Gasteiger partial charge in [-0.05, 0) is 47.5 Å². The molecule has 0 aliphatic carbocycles. The molecule has 2 N–H and O–H groups in total. The van der Waals surface area contributed by atoms with E-state index in [4.69, 9.17) is 4.42 Å². The first kappa shape index (κ1) is 11.8. The summed E-state index contributed by atoms with van der Waals surface area (Å²) in [5.74, 6) is 0.632. The van der Waals surface area contributed by atoms with Crippen molar-refractivity contribution in [1.82, 2.24) is 5.32 Å². The highest BCUT2D eigenvalue weighted by Crippen LogP contribution is 2.37. The molecule has 0 fully saturated rings. The van der Waals surface area contributed by atoms with Crippen molar-refractivity contribution < 1.29 is 9.21 Å². The Morgan fingerprint density at radius 1 is 1.33 bits per heavy atom. The second-order valence-electron chi connectivity index (χ2n) is 4.18. The maximum atomic E-state index is 12.1. The van der Waals surface area contributed by atoms with E-state index in [1.54, 1.807) is 11.3 Å². The Bertz CT molecular complexity index is 632. The van der Waals surface area contributed by atoms with Gasteiger partial charge < -0.3 is 15.1 Å². The van der Waals surface area contributed by atoms with Crippen LogP contribution in [0.25, 0.3) is 0 Å². The van der Waals surface area contributed by atoms with Crippen molar-refractivity contribution in [2.24, 2.45) is 0 Å². The first-order valence-corrected chi connectivity index (χ1v) is 7.10. The Morgan fingerprint density at radius 2 is 2.11 bits per heavy atom. The first-order chi connectivity index (χ1) is 8.56. The lowest BCUT2D eigenvalue weighted by atomic mass is 10.1. The van der Waals surface area contributed by atoms with Crippen LogP contribution in [0.4, 0.5) is 5.00 Å². The predicted molar refractivity (Wildman–Crippen MR) is 74.0 cm³/mol. The van der Waals surface area contributed by atoms with E-state index in [1.165, 1.54) is 0 Å². The Labute approximate surface area is 117 Å². The molecule has 3 heterocycles. The van der Waals surface area contributed by atoms with Gasteiger partial charge in [-0.15, -0.1) is 11.3 Å². The lowest BCUT2D eigenvalue weighted by Gasteiger charge is -2.24. The average molecular weight is 327 g/mol. The van der Waals surface area contributed by atoms with Crippen molar-refractivity contribution in [2.45, 2.75) is 20.0 Å². The van der Waals surface area contributed by atoms with Gasteiger partial charge in [-0.1, -0.05) is 0 Å². The number of fused-ring (bicyclic) bond motifs is 1. The SMILES string of the molecule is Cc1sc2c(c1C)C(=O)NC(c1ccc(Br)o1)N2. The van der Waals surface area contributed by atoms with Gasteiger partial charge in [-0.3, -0.25) is 4.79 Å². The van der Waals surface area contributed by atoms with Gasteiger partial charge in [0.05, 0.1) is 5.56 Å². The zero-order chi connectivity index (χ0) is 12.9. The molecule has 1 aliphatic rings. The van der Waals surface area contributed by atoms with Gasteiger partial charge in [0.2, 0.25) is 0 Å². The van der Waals surface area contributed by atoms with E-state index in [1.807, 2.05) is 26.0 Å². The zero-order valence-corrected chi connectivity index (χ0v) is 12.2. The quantitative estimate of drug-likeness (QED) is 0.842. The third-order valence-electron chi connectivity index (χ3n) is 3.04. The number of anilines is 1. The van der Waals surface area contributed by atoms with Crippen molar-refractivity contribution >= 4 is 38.2 Å². The van der Waals surface area contributed by atoms with Gasteiger partial charge in [0.25, 0.3) is 5.91 Å². The number of nitrogens with one attached hydrogen (secondary N) is 2. The summed E-state index contributed by atoms with van der Waals surface area (Å²) in [6.45, 7) is 3.99. The third kappa shape index (κ3) is 1.76. The van der Waals surface area contributed by atoms with E-state index in [0.717, 1.165) is 21.0 Å². The predicted octanol–water partition coefficient (Wildman–Crippen LogP) is 3.57. The number of thiophene rings is 1. The summed E-state index contributed by atoms with van der Waals surface area (Å²) < 4.78 is 6.12. The van der Waals surface area contributed by atoms with Crippen LogP contribution in [-0.4, -0.2) is 5.91 Å². The molecule has 1 atom stereocenters. The van der Waals surface area contributed by atoms with Gasteiger partial charge in [0.15, 0.2) is 10.8 Å². The Hall–Kier alpha value is -1.27. The van der Waals surface area contributed by atoms with Crippen LogP contribution >= 0.6 is 27.3 Å². The molecule has 4 nitrogen and oxygen atoms in total. The summed E-state index contributed by atoms with van der Waals surface area (Å²) >= 11 is 4.86. The lowest BCUT2D eigenvalue weighted by Crippen LogP contribution is -2.37. The van der Waals surface area contributed by atoms with Crippen molar-refractivity contribution in [3.8, 4) is 0 Å². The van der Waals surface area contributed by atoms with Crippen molar-refractivity contribution in [2.75, 3.05) is 5.32 Å². The third-order valence-corrected chi connectivity index (χ3v) is 4.61. The standard InChI is InChI=1S/C12H11BrN2O2S/c1-5-6(2)18-12-9(5)11(16)14-10(15-12)7-3-4-8(13)17-7/h3-4,10,15H,1-2H3,(H,14,16). The van der Waals surface area contributed by atoms with Gasteiger partial charge in [-0.2, -0.15) is 0 Å². The number of amides is 1. The second kappa shape index (κ2) is 4.13. The monoisotopic (exact) mass is 326 g/mol. The summed E-state index contributed by atoms with van der Waals surface area (Å²) in [5.41, 5.74) is 1.79. The number of hydrogen-bond acceptors (Lipinski definition) is 4.